The average Bonchev–Trinajstić information content (AvgIpc) is 2.90. The van der Waals surface area contributed by atoms with Crippen molar-refractivity contribution in [2.24, 2.45) is 11.7 Å². The second-order valence-electron chi connectivity index (χ2n) is 6.09. The summed E-state index contributed by atoms with van der Waals surface area (Å²) in [5, 5.41) is 2.15. The first-order valence-electron chi connectivity index (χ1n) is 8.12. The summed E-state index contributed by atoms with van der Waals surface area (Å²) in [6.07, 6.45) is 7.86. The maximum atomic E-state index is 6.56. The second-order valence-corrected chi connectivity index (χ2v) is 7.04. The minimum absolute atomic E-state index is 0.0807. The van der Waals surface area contributed by atoms with Crippen LogP contribution in [0.25, 0.3) is 0 Å². The molecule has 1 saturated carbocycles. The topological polar surface area (TPSA) is 35.2 Å². The summed E-state index contributed by atoms with van der Waals surface area (Å²) in [4.78, 5) is 1.33. The Morgan fingerprint density at radius 3 is 2.70 bits per heavy atom. The molecule has 0 radical (unpaired) electrons. The quantitative estimate of drug-likeness (QED) is 0.816. The maximum Gasteiger partial charge on any atom is 0.107 e. The number of ether oxygens (including phenoxy) is 1. The van der Waals surface area contributed by atoms with Gasteiger partial charge < -0.3 is 10.5 Å². The molecule has 4 atom stereocenters. The number of hydrogen-bond donors (Lipinski definition) is 1. The molecule has 1 aliphatic carbocycles. The first-order chi connectivity index (χ1) is 9.67. The van der Waals surface area contributed by atoms with Crippen LogP contribution in [0.3, 0.4) is 0 Å². The fourth-order valence-corrected chi connectivity index (χ4v) is 4.29. The molecule has 0 aliphatic heterocycles. The smallest absolute Gasteiger partial charge is 0.107 e. The zero-order valence-electron chi connectivity index (χ0n) is 13.1. The van der Waals surface area contributed by atoms with Gasteiger partial charge in [-0.3, -0.25) is 0 Å². The molecule has 1 aliphatic rings. The highest BCUT2D eigenvalue weighted by atomic mass is 32.1. The molecular weight excluding hydrogens is 266 g/mol. The summed E-state index contributed by atoms with van der Waals surface area (Å²) >= 11 is 1.79. The van der Waals surface area contributed by atoms with E-state index in [2.05, 4.69) is 32.2 Å². The lowest BCUT2D eigenvalue weighted by atomic mass is 9.84. The minimum atomic E-state index is 0.0807. The zero-order chi connectivity index (χ0) is 14.5. The van der Waals surface area contributed by atoms with Crippen molar-refractivity contribution in [1.82, 2.24) is 0 Å². The lowest BCUT2D eigenvalue weighted by Crippen LogP contribution is -2.36. The van der Waals surface area contributed by atoms with Crippen LogP contribution in [0.5, 0.6) is 0 Å². The van der Waals surface area contributed by atoms with Crippen molar-refractivity contribution in [1.29, 1.82) is 0 Å². The van der Waals surface area contributed by atoms with Crippen molar-refractivity contribution in [2.45, 2.75) is 77.5 Å². The third-order valence-corrected chi connectivity index (χ3v) is 5.79. The van der Waals surface area contributed by atoms with Crippen molar-refractivity contribution in [3.05, 3.63) is 21.9 Å². The molecule has 1 heterocycles. The van der Waals surface area contributed by atoms with Crippen molar-refractivity contribution in [2.75, 3.05) is 0 Å². The van der Waals surface area contributed by atoms with Gasteiger partial charge in [-0.2, -0.15) is 0 Å². The molecule has 2 rings (SSSR count). The molecule has 0 spiro atoms. The van der Waals surface area contributed by atoms with E-state index in [0.29, 0.717) is 6.10 Å². The maximum absolute atomic E-state index is 6.56. The van der Waals surface area contributed by atoms with E-state index in [0.717, 1.165) is 12.3 Å². The van der Waals surface area contributed by atoms with Gasteiger partial charge in [-0.05, 0) is 49.1 Å². The number of hydrogen-bond acceptors (Lipinski definition) is 3. The molecule has 1 fully saturated rings. The molecule has 0 saturated heterocycles. The van der Waals surface area contributed by atoms with Gasteiger partial charge in [0.1, 0.15) is 6.10 Å². The summed E-state index contributed by atoms with van der Waals surface area (Å²) < 4.78 is 6.56. The lowest BCUT2D eigenvalue weighted by molar-refractivity contribution is -0.0712. The predicted molar refractivity (Wildman–Crippen MR) is 87.2 cm³/mol. The van der Waals surface area contributed by atoms with Crippen LogP contribution in [0, 0.1) is 12.8 Å². The van der Waals surface area contributed by atoms with E-state index in [4.69, 9.17) is 10.5 Å². The van der Waals surface area contributed by atoms with Crippen LogP contribution in [0.1, 0.15) is 68.9 Å². The molecule has 2 N–H and O–H groups in total. The van der Waals surface area contributed by atoms with Crippen molar-refractivity contribution >= 4 is 11.3 Å². The number of nitrogens with two attached hydrogens (primary N) is 1. The molecule has 1 aromatic heterocycles. The van der Waals surface area contributed by atoms with Crippen LogP contribution in [-0.2, 0) is 4.74 Å². The summed E-state index contributed by atoms with van der Waals surface area (Å²) in [7, 11) is 0. The monoisotopic (exact) mass is 295 g/mol. The Kier molecular flexibility index (Phi) is 6.06. The van der Waals surface area contributed by atoms with E-state index in [1.165, 1.54) is 42.5 Å². The Morgan fingerprint density at radius 1 is 1.35 bits per heavy atom. The fraction of sp³-hybridized carbons (Fsp3) is 0.765. The second kappa shape index (κ2) is 7.58. The van der Waals surface area contributed by atoms with Crippen LogP contribution in [0.4, 0.5) is 0 Å². The number of rotatable bonds is 6. The van der Waals surface area contributed by atoms with Crippen LogP contribution in [0.15, 0.2) is 11.4 Å². The van der Waals surface area contributed by atoms with Crippen LogP contribution in [-0.4, -0.2) is 12.1 Å². The minimum Gasteiger partial charge on any atom is -0.368 e. The number of aryl methyl sites for hydroxylation is 1. The van der Waals surface area contributed by atoms with Crippen LogP contribution in [0.2, 0.25) is 0 Å². The van der Waals surface area contributed by atoms with Gasteiger partial charge in [-0.1, -0.05) is 33.1 Å². The number of thiophene rings is 1. The van der Waals surface area contributed by atoms with Crippen molar-refractivity contribution < 1.29 is 4.74 Å². The van der Waals surface area contributed by atoms with Gasteiger partial charge in [0.15, 0.2) is 0 Å². The summed E-state index contributed by atoms with van der Waals surface area (Å²) in [5.74, 6) is 0.718. The van der Waals surface area contributed by atoms with E-state index >= 15 is 0 Å². The van der Waals surface area contributed by atoms with Gasteiger partial charge >= 0.3 is 0 Å². The molecule has 4 unspecified atom stereocenters. The normalized spacial score (nSPS) is 26.4. The van der Waals surface area contributed by atoms with E-state index in [1.54, 1.807) is 11.3 Å². The molecule has 0 bridgehead atoms. The van der Waals surface area contributed by atoms with Crippen molar-refractivity contribution in [3.8, 4) is 0 Å². The van der Waals surface area contributed by atoms with Gasteiger partial charge in [0, 0.05) is 10.9 Å². The Bertz CT molecular complexity index is 403. The Morgan fingerprint density at radius 2 is 2.10 bits per heavy atom. The molecular formula is C17H29NOS. The van der Waals surface area contributed by atoms with Crippen molar-refractivity contribution in [3.63, 3.8) is 0 Å². The SMILES string of the molecule is CCC(N)C(OC1CCCCC1CC)c1sccc1C. The Balaban J connectivity index is 2.13. The van der Waals surface area contributed by atoms with Gasteiger partial charge in [0.2, 0.25) is 0 Å². The van der Waals surface area contributed by atoms with E-state index in [9.17, 15) is 0 Å². The molecule has 1 aromatic rings. The molecule has 20 heavy (non-hydrogen) atoms. The van der Waals surface area contributed by atoms with Gasteiger partial charge in [-0.15, -0.1) is 11.3 Å². The average molecular weight is 295 g/mol. The van der Waals surface area contributed by atoms with E-state index in [1.807, 2.05) is 0 Å². The third kappa shape index (κ3) is 3.63. The Labute approximate surface area is 127 Å². The molecule has 0 amide bonds. The lowest BCUT2D eigenvalue weighted by Gasteiger charge is -2.35. The van der Waals surface area contributed by atoms with Crippen LogP contribution < -0.4 is 5.73 Å². The van der Waals surface area contributed by atoms with Gasteiger partial charge in [0.05, 0.1) is 6.10 Å². The molecule has 114 valence electrons. The highest BCUT2D eigenvalue weighted by molar-refractivity contribution is 7.10. The van der Waals surface area contributed by atoms with Crippen LogP contribution >= 0.6 is 11.3 Å². The van der Waals surface area contributed by atoms with E-state index < -0.39 is 0 Å². The first-order valence-corrected chi connectivity index (χ1v) is 9.00. The standard InChI is InChI=1S/C17H29NOS/c1-4-13-8-6-7-9-15(13)19-16(14(18)5-2)17-12(3)10-11-20-17/h10-11,13-16H,4-9,18H2,1-3H3. The Hall–Kier alpha value is -0.380. The largest absolute Gasteiger partial charge is 0.368 e. The summed E-state index contributed by atoms with van der Waals surface area (Å²) in [5.41, 5.74) is 7.69. The highest BCUT2D eigenvalue weighted by Crippen LogP contribution is 2.36. The third-order valence-electron chi connectivity index (χ3n) is 4.71. The fourth-order valence-electron chi connectivity index (χ4n) is 3.26. The highest BCUT2D eigenvalue weighted by Gasteiger charge is 2.31. The van der Waals surface area contributed by atoms with E-state index in [-0.39, 0.29) is 12.1 Å². The molecule has 3 heteroatoms. The van der Waals surface area contributed by atoms with Gasteiger partial charge in [0.25, 0.3) is 0 Å². The zero-order valence-corrected chi connectivity index (χ0v) is 13.9. The summed E-state index contributed by atoms with van der Waals surface area (Å²) in [6, 6.07) is 2.28. The summed E-state index contributed by atoms with van der Waals surface area (Å²) in [6.45, 7) is 6.61. The van der Waals surface area contributed by atoms with Gasteiger partial charge in [-0.25, -0.2) is 0 Å². The predicted octanol–water partition coefficient (Wildman–Crippen LogP) is 4.82. The molecule has 0 aromatic carbocycles. The first kappa shape index (κ1) is 16.0. The molecule has 2 nitrogen and oxygen atoms in total.